The minimum absolute atomic E-state index is 0.0697. The number of carbonyl (C=O) groups excluding carboxylic acids is 1. The predicted molar refractivity (Wildman–Crippen MR) is 76.5 cm³/mol. The fourth-order valence-electron chi connectivity index (χ4n) is 2.26. The molecule has 0 radical (unpaired) electrons. The molecular weight excluding hydrogens is 254 g/mol. The zero-order valence-electron chi connectivity index (χ0n) is 11.3. The van der Waals surface area contributed by atoms with Gasteiger partial charge in [-0.15, -0.1) is 0 Å². The van der Waals surface area contributed by atoms with Crippen LogP contribution in [-0.2, 0) is 11.2 Å². The highest BCUT2D eigenvalue weighted by atomic mass is 16.1. The average Bonchev–Trinajstić information content (AvgIpc) is 3.01. The third-order valence-corrected chi connectivity index (χ3v) is 3.37. The molecule has 102 valence electrons. The molecule has 2 aromatic heterocycles. The van der Waals surface area contributed by atoms with Crippen molar-refractivity contribution < 1.29 is 4.79 Å². The minimum atomic E-state index is -0.0697. The number of hydrogen-bond donors (Lipinski definition) is 3. The number of aromatic nitrogens is 4. The maximum atomic E-state index is 12.2. The summed E-state index contributed by atoms with van der Waals surface area (Å²) < 4.78 is 0. The zero-order valence-corrected chi connectivity index (χ0v) is 11.3. The first kappa shape index (κ1) is 12.4. The molecule has 2 heterocycles. The lowest BCUT2D eigenvalue weighted by Gasteiger charge is -2.06. The number of fused-ring (bicyclic) bond motifs is 1. The Morgan fingerprint density at radius 3 is 2.90 bits per heavy atom. The lowest BCUT2D eigenvalue weighted by atomic mass is 10.1. The van der Waals surface area contributed by atoms with Crippen LogP contribution in [0.5, 0.6) is 0 Å². The number of rotatable bonds is 3. The quantitative estimate of drug-likeness (QED) is 0.680. The van der Waals surface area contributed by atoms with Crippen molar-refractivity contribution in [1.29, 1.82) is 0 Å². The molecule has 20 heavy (non-hydrogen) atoms. The van der Waals surface area contributed by atoms with Crippen LogP contribution in [0.3, 0.4) is 0 Å². The molecule has 0 fully saturated rings. The molecule has 0 saturated heterocycles. The highest BCUT2D eigenvalue weighted by Crippen LogP contribution is 2.21. The second-order valence-corrected chi connectivity index (χ2v) is 4.78. The highest BCUT2D eigenvalue weighted by molar-refractivity contribution is 6.00. The first-order valence-electron chi connectivity index (χ1n) is 6.37. The van der Waals surface area contributed by atoms with E-state index in [9.17, 15) is 4.79 Å². The monoisotopic (exact) mass is 269 g/mol. The summed E-state index contributed by atoms with van der Waals surface area (Å²) in [5.41, 5.74) is 4.30. The lowest BCUT2D eigenvalue weighted by Crippen LogP contribution is -2.15. The molecule has 6 nitrogen and oxygen atoms in total. The Balaban J connectivity index is 1.81. The van der Waals surface area contributed by atoms with Crippen LogP contribution in [0.25, 0.3) is 10.9 Å². The van der Waals surface area contributed by atoms with Crippen LogP contribution < -0.4 is 5.32 Å². The maximum Gasteiger partial charge on any atom is 0.228 e. The van der Waals surface area contributed by atoms with Crippen molar-refractivity contribution >= 4 is 22.5 Å². The average molecular weight is 269 g/mol. The Morgan fingerprint density at radius 2 is 2.15 bits per heavy atom. The van der Waals surface area contributed by atoms with E-state index in [1.165, 1.54) is 0 Å². The summed E-state index contributed by atoms with van der Waals surface area (Å²) in [6.07, 6.45) is 2.04. The van der Waals surface area contributed by atoms with Crippen molar-refractivity contribution in [3.8, 4) is 0 Å². The van der Waals surface area contributed by atoms with E-state index in [0.29, 0.717) is 6.42 Å². The molecule has 3 aromatic rings. The predicted octanol–water partition coefficient (Wildman–Crippen LogP) is 2.08. The molecule has 1 aromatic carbocycles. The minimum Gasteiger partial charge on any atom is -0.324 e. The van der Waals surface area contributed by atoms with Crippen LogP contribution in [0.15, 0.2) is 24.4 Å². The fourth-order valence-corrected chi connectivity index (χ4v) is 2.26. The maximum absolute atomic E-state index is 12.2. The van der Waals surface area contributed by atoms with Gasteiger partial charge < -0.3 is 5.32 Å². The Bertz CT molecular complexity index is 751. The van der Waals surface area contributed by atoms with Gasteiger partial charge >= 0.3 is 0 Å². The molecule has 0 bridgehead atoms. The molecule has 0 aliphatic rings. The molecule has 6 heteroatoms. The second kappa shape index (κ2) is 4.80. The van der Waals surface area contributed by atoms with Gasteiger partial charge in [-0.05, 0) is 19.9 Å². The van der Waals surface area contributed by atoms with E-state index in [0.717, 1.165) is 33.5 Å². The number of nitrogens with zero attached hydrogens (tertiary/aromatic N) is 2. The normalized spacial score (nSPS) is 10.9. The van der Waals surface area contributed by atoms with Crippen molar-refractivity contribution in [3.05, 3.63) is 41.3 Å². The van der Waals surface area contributed by atoms with Gasteiger partial charge in [-0.3, -0.25) is 15.0 Å². The molecule has 0 aliphatic heterocycles. The summed E-state index contributed by atoms with van der Waals surface area (Å²) in [6, 6.07) is 5.69. The highest BCUT2D eigenvalue weighted by Gasteiger charge is 2.12. The summed E-state index contributed by atoms with van der Waals surface area (Å²) in [6.45, 7) is 3.81. The van der Waals surface area contributed by atoms with Gasteiger partial charge in [0.25, 0.3) is 0 Å². The van der Waals surface area contributed by atoms with Gasteiger partial charge in [0.05, 0.1) is 29.5 Å². The van der Waals surface area contributed by atoms with E-state index in [1.54, 1.807) is 6.20 Å². The number of nitrogens with one attached hydrogen (secondary N) is 3. The van der Waals surface area contributed by atoms with Crippen LogP contribution in [0.2, 0.25) is 0 Å². The van der Waals surface area contributed by atoms with Crippen molar-refractivity contribution in [2.75, 3.05) is 5.32 Å². The van der Waals surface area contributed by atoms with Gasteiger partial charge in [-0.25, -0.2) is 0 Å². The van der Waals surface area contributed by atoms with E-state index in [1.807, 2.05) is 32.0 Å². The Morgan fingerprint density at radius 1 is 1.30 bits per heavy atom. The molecule has 0 atom stereocenters. The molecule has 0 aliphatic carbocycles. The number of carbonyl (C=O) groups is 1. The summed E-state index contributed by atoms with van der Waals surface area (Å²) in [7, 11) is 0. The van der Waals surface area contributed by atoms with Gasteiger partial charge in [0.1, 0.15) is 0 Å². The van der Waals surface area contributed by atoms with E-state index in [2.05, 4.69) is 25.7 Å². The smallest absolute Gasteiger partial charge is 0.228 e. The largest absolute Gasteiger partial charge is 0.324 e. The molecule has 0 unspecified atom stereocenters. The third-order valence-electron chi connectivity index (χ3n) is 3.37. The summed E-state index contributed by atoms with van der Waals surface area (Å²) in [5.74, 6) is -0.0697. The zero-order chi connectivity index (χ0) is 14.1. The number of amides is 1. The van der Waals surface area contributed by atoms with Crippen LogP contribution in [-0.4, -0.2) is 26.3 Å². The SMILES string of the molecule is Cc1n[nH]c(C)c1CC(=O)Nc1cccc2cn[nH]c12. The number of benzene rings is 1. The Kier molecular flexibility index (Phi) is 2.98. The van der Waals surface area contributed by atoms with Crippen molar-refractivity contribution in [1.82, 2.24) is 20.4 Å². The van der Waals surface area contributed by atoms with Crippen LogP contribution in [0.4, 0.5) is 5.69 Å². The van der Waals surface area contributed by atoms with Gasteiger partial charge in [0, 0.05) is 16.6 Å². The van der Waals surface area contributed by atoms with Crippen LogP contribution in [0, 0.1) is 13.8 Å². The van der Waals surface area contributed by atoms with E-state index >= 15 is 0 Å². The van der Waals surface area contributed by atoms with Gasteiger partial charge in [0.15, 0.2) is 0 Å². The van der Waals surface area contributed by atoms with Crippen molar-refractivity contribution in [2.24, 2.45) is 0 Å². The standard InChI is InChI=1S/C14H15N5O/c1-8-11(9(2)18-17-8)6-13(20)16-12-5-3-4-10-7-15-19-14(10)12/h3-5,7H,6H2,1-2H3,(H,15,19)(H,16,20)(H,17,18). The van der Waals surface area contributed by atoms with Crippen LogP contribution in [0.1, 0.15) is 17.0 Å². The van der Waals surface area contributed by atoms with E-state index in [-0.39, 0.29) is 5.91 Å². The number of aryl methyl sites for hydroxylation is 2. The summed E-state index contributed by atoms with van der Waals surface area (Å²) in [4.78, 5) is 12.2. The molecule has 3 rings (SSSR count). The van der Waals surface area contributed by atoms with Crippen molar-refractivity contribution in [2.45, 2.75) is 20.3 Å². The Hall–Kier alpha value is -2.63. The summed E-state index contributed by atoms with van der Waals surface area (Å²) in [5, 5.41) is 17.7. The number of H-pyrrole nitrogens is 2. The lowest BCUT2D eigenvalue weighted by molar-refractivity contribution is -0.115. The molecular formula is C14H15N5O. The van der Waals surface area contributed by atoms with Crippen molar-refractivity contribution in [3.63, 3.8) is 0 Å². The van der Waals surface area contributed by atoms with Crippen LogP contribution >= 0.6 is 0 Å². The third kappa shape index (κ3) is 2.16. The Labute approximate surface area is 115 Å². The fraction of sp³-hybridized carbons (Fsp3) is 0.214. The van der Waals surface area contributed by atoms with Gasteiger partial charge in [0.2, 0.25) is 5.91 Å². The summed E-state index contributed by atoms with van der Waals surface area (Å²) >= 11 is 0. The number of aromatic amines is 2. The first-order chi connectivity index (χ1) is 9.65. The number of hydrogen-bond acceptors (Lipinski definition) is 3. The molecule has 0 saturated carbocycles. The molecule has 0 spiro atoms. The van der Waals surface area contributed by atoms with Gasteiger partial charge in [-0.2, -0.15) is 10.2 Å². The first-order valence-corrected chi connectivity index (χ1v) is 6.37. The van der Waals surface area contributed by atoms with Gasteiger partial charge in [-0.1, -0.05) is 12.1 Å². The molecule has 3 N–H and O–H groups in total. The van der Waals surface area contributed by atoms with E-state index in [4.69, 9.17) is 0 Å². The number of para-hydroxylation sites is 1. The second-order valence-electron chi connectivity index (χ2n) is 4.78. The number of anilines is 1. The van der Waals surface area contributed by atoms with E-state index < -0.39 is 0 Å². The molecule has 1 amide bonds. The topological polar surface area (TPSA) is 86.5 Å².